The molecule has 0 aromatic heterocycles. The quantitative estimate of drug-likeness (QED) is 0.889. The van der Waals surface area contributed by atoms with Crippen LogP contribution in [0.3, 0.4) is 0 Å². The molecule has 1 aromatic carbocycles. The molecule has 1 aromatic rings. The Balaban J connectivity index is 1.60. The summed E-state index contributed by atoms with van der Waals surface area (Å²) >= 11 is 5.98. The van der Waals surface area contributed by atoms with Gasteiger partial charge in [0, 0.05) is 17.6 Å². The molecule has 1 saturated heterocycles. The molecule has 0 amide bonds. The predicted molar refractivity (Wildman–Crippen MR) is 80.5 cm³/mol. The Morgan fingerprint density at radius 2 is 2.00 bits per heavy atom. The average Bonchev–Trinajstić information content (AvgIpc) is 3.15. The summed E-state index contributed by atoms with van der Waals surface area (Å²) in [4.78, 5) is 2.43. The molecule has 2 nitrogen and oxygen atoms in total. The van der Waals surface area contributed by atoms with Gasteiger partial charge in [0.1, 0.15) is 0 Å². The molecule has 0 radical (unpaired) electrons. The van der Waals surface area contributed by atoms with Crippen LogP contribution in [0.4, 0.5) is 0 Å². The Kier molecular flexibility index (Phi) is 4.11. The third kappa shape index (κ3) is 3.50. The first-order valence-corrected chi connectivity index (χ1v) is 7.77. The third-order valence-corrected chi connectivity index (χ3v) is 4.69. The maximum atomic E-state index is 5.98. The van der Waals surface area contributed by atoms with Gasteiger partial charge < -0.3 is 10.2 Å². The van der Waals surface area contributed by atoms with Crippen molar-refractivity contribution < 1.29 is 0 Å². The number of benzene rings is 1. The van der Waals surface area contributed by atoms with E-state index in [1.807, 2.05) is 12.1 Å². The molecule has 1 saturated carbocycles. The van der Waals surface area contributed by atoms with Crippen molar-refractivity contribution in [3.05, 3.63) is 34.9 Å². The molecule has 3 rings (SSSR count). The Labute approximate surface area is 121 Å². The smallest absolute Gasteiger partial charge is 0.0406 e. The highest BCUT2D eigenvalue weighted by molar-refractivity contribution is 6.30. The van der Waals surface area contributed by atoms with Crippen LogP contribution in [0.15, 0.2) is 24.3 Å². The van der Waals surface area contributed by atoms with Gasteiger partial charge in [-0.25, -0.2) is 0 Å². The van der Waals surface area contributed by atoms with Crippen LogP contribution in [0, 0.1) is 11.8 Å². The fraction of sp³-hybridized carbons (Fsp3) is 0.625. The zero-order valence-electron chi connectivity index (χ0n) is 11.6. The molecule has 2 atom stereocenters. The van der Waals surface area contributed by atoms with Crippen molar-refractivity contribution in [3.8, 4) is 0 Å². The van der Waals surface area contributed by atoms with Gasteiger partial charge in [-0.1, -0.05) is 23.7 Å². The molecule has 3 heteroatoms. The Hall–Kier alpha value is -0.570. The molecule has 0 bridgehead atoms. The Morgan fingerprint density at radius 1 is 1.26 bits per heavy atom. The Bertz CT molecular complexity index is 413. The van der Waals surface area contributed by atoms with Gasteiger partial charge in [0.05, 0.1) is 0 Å². The van der Waals surface area contributed by atoms with Crippen molar-refractivity contribution in [2.24, 2.45) is 11.8 Å². The second-order valence-corrected chi connectivity index (χ2v) is 6.63. The molecule has 2 aliphatic rings. The van der Waals surface area contributed by atoms with Crippen molar-refractivity contribution in [1.29, 1.82) is 0 Å². The van der Waals surface area contributed by atoms with E-state index in [9.17, 15) is 0 Å². The van der Waals surface area contributed by atoms with Crippen LogP contribution in [0.1, 0.15) is 30.9 Å². The predicted octanol–water partition coefficient (Wildman–Crippen LogP) is 3.33. The van der Waals surface area contributed by atoms with Crippen molar-refractivity contribution in [3.63, 3.8) is 0 Å². The van der Waals surface area contributed by atoms with Crippen LogP contribution in [0.5, 0.6) is 0 Å². The molecule has 104 valence electrons. The minimum Gasteiger partial charge on any atom is -0.309 e. The number of hydrogen-bond acceptors (Lipinski definition) is 2. The highest BCUT2D eigenvalue weighted by Crippen LogP contribution is 2.41. The van der Waals surface area contributed by atoms with Gasteiger partial charge in [-0.15, -0.1) is 0 Å². The normalized spacial score (nSPS) is 25.7. The number of hydrogen-bond donors (Lipinski definition) is 1. The number of likely N-dealkylation sites (tertiary alicyclic amines) is 1. The van der Waals surface area contributed by atoms with E-state index >= 15 is 0 Å². The van der Waals surface area contributed by atoms with Crippen LogP contribution < -0.4 is 5.32 Å². The Morgan fingerprint density at radius 3 is 2.58 bits per heavy atom. The topological polar surface area (TPSA) is 15.3 Å². The summed E-state index contributed by atoms with van der Waals surface area (Å²) in [6.45, 7) is 3.64. The van der Waals surface area contributed by atoms with Crippen LogP contribution in [0.2, 0.25) is 5.02 Å². The lowest BCUT2D eigenvalue weighted by atomic mass is 10.0. The molecule has 19 heavy (non-hydrogen) atoms. The van der Waals surface area contributed by atoms with Crippen molar-refractivity contribution in [2.75, 3.05) is 26.7 Å². The first-order valence-electron chi connectivity index (χ1n) is 7.40. The number of nitrogens with one attached hydrogen (secondary N) is 1. The standard InChI is InChI=1S/C16H23ClN2/c1-19-9-8-12(11-19)10-18-16(13-2-3-13)14-4-6-15(17)7-5-14/h4-7,12-13,16,18H,2-3,8-11H2,1H3. The van der Waals surface area contributed by atoms with E-state index in [4.69, 9.17) is 11.6 Å². The third-order valence-electron chi connectivity index (χ3n) is 4.44. The zero-order chi connectivity index (χ0) is 13.2. The van der Waals surface area contributed by atoms with E-state index in [0.717, 1.165) is 23.4 Å². The summed E-state index contributed by atoms with van der Waals surface area (Å²) in [6.07, 6.45) is 4.07. The summed E-state index contributed by atoms with van der Waals surface area (Å²) in [7, 11) is 2.22. The molecule has 0 spiro atoms. The molecule has 1 heterocycles. The highest BCUT2D eigenvalue weighted by atomic mass is 35.5. The molecule has 1 aliphatic heterocycles. The largest absolute Gasteiger partial charge is 0.309 e. The zero-order valence-corrected chi connectivity index (χ0v) is 12.4. The fourth-order valence-corrected chi connectivity index (χ4v) is 3.27. The lowest BCUT2D eigenvalue weighted by molar-refractivity contribution is 0.371. The molecule has 2 fully saturated rings. The number of rotatable bonds is 5. The summed E-state index contributed by atoms with van der Waals surface area (Å²) in [6, 6.07) is 8.91. The van der Waals surface area contributed by atoms with E-state index in [0.29, 0.717) is 6.04 Å². The number of nitrogens with zero attached hydrogens (tertiary/aromatic N) is 1. The highest BCUT2D eigenvalue weighted by Gasteiger charge is 2.32. The van der Waals surface area contributed by atoms with Gasteiger partial charge in [0.15, 0.2) is 0 Å². The first-order chi connectivity index (χ1) is 9.22. The first kappa shape index (κ1) is 13.4. The van der Waals surface area contributed by atoms with E-state index in [2.05, 4.69) is 29.4 Å². The second kappa shape index (κ2) is 5.82. The van der Waals surface area contributed by atoms with Gasteiger partial charge >= 0.3 is 0 Å². The van der Waals surface area contributed by atoms with Crippen LogP contribution in [-0.2, 0) is 0 Å². The van der Waals surface area contributed by atoms with Gasteiger partial charge in [-0.3, -0.25) is 0 Å². The van der Waals surface area contributed by atoms with Crippen molar-refractivity contribution in [1.82, 2.24) is 10.2 Å². The summed E-state index contributed by atoms with van der Waals surface area (Å²) < 4.78 is 0. The molecule has 2 unspecified atom stereocenters. The fourth-order valence-electron chi connectivity index (χ4n) is 3.14. The van der Waals surface area contributed by atoms with E-state index in [1.54, 1.807) is 0 Å². The molecular weight excluding hydrogens is 256 g/mol. The summed E-state index contributed by atoms with van der Waals surface area (Å²) in [5.41, 5.74) is 1.40. The second-order valence-electron chi connectivity index (χ2n) is 6.19. The lowest BCUT2D eigenvalue weighted by Crippen LogP contribution is -2.30. The minimum atomic E-state index is 0.531. The summed E-state index contributed by atoms with van der Waals surface area (Å²) in [5.74, 6) is 1.65. The average molecular weight is 279 g/mol. The van der Waals surface area contributed by atoms with E-state index in [1.165, 1.54) is 37.9 Å². The van der Waals surface area contributed by atoms with Crippen LogP contribution >= 0.6 is 11.6 Å². The maximum Gasteiger partial charge on any atom is 0.0406 e. The molecular formula is C16H23ClN2. The van der Waals surface area contributed by atoms with E-state index in [-0.39, 0.29) is 0 Å². The van der Waals surface area contributed by atoms with E-state index < -0.39 is 0 Å². The summed E-state index contributed by atoms with van der Waals surface area (Å²) in [5, 5.41) is 4.64. The maximum absolute atomic E-state index is 5.98. The molecule has 1 N–H and O–H groups in total. The van der Waals surface area contributed by atoms with Crippen molar-refractivity contribution >= 4 is 11.6 Å². The lowest BCUT2D eigenvalue weighted by Gasteiger charge is -2.21. The SMILES string of the molecule is CN1CCC(CNC(c2ccc(Cl)cc2)C2CC2)C1. The minimum absolute atomic E-state index is 0.531. The molecule has 1 aliphatic carbocycles. The van der Waals surface area contributed by atoms with Crippen LogP contribution in [0.25, 0.3) is 0 Å². The van der Waals surface area contributed by atoms with Gasteiger partial charge in [-0.2, -0.15) is 0 Å². The van der Waals surface area contributed by atoms with Gasteiger partial charge in [0.2, 0.25) is 0 Å². The van der Waals surface area contributed by atoms with Crippen LogP contribution in [-0.4, -0.2) is 31.6 Å². The van der Waals surface area contributed by atoms with Crippen molar-refractivity contribution in [2.45, 2.75) is 25.3 Å². The monoisotopic (exact) mass is 278 g/mol. The van der Waals surface area contributed by atoms with Gasteiger partial charge in [-0.05, 0) is 68.9 Å². The number of halogens is 1. The van der Waals surface area contributed by atoms with Gasteiger partial charge in [0.25, 0.3) is 0 Å².